The first-order valence-electron chi connectivity index (χ1n) is 7.81. The number of carbonyl (C=O) groups is 1. The van der Waals surface area contributed by atoms with E-state index < -0.39 is 0 Å². The second-order valence-corrected chi connectivity index (χ2v) is 5.95. The van der Waals surface area contributed by atoms with Gasteiger partial charge < -0.3 is 19.1 Å². The van der Waals surface area contributed by atoms with E-state index in [9.17, 15) is 4.79 Å². The maximum absolute atomic E-state index is 12.3. The number of nitrogens with zero attached hydrogens (tertiary/aromatic N) is 4. The van der Waals surface area contributed by atoms with Crippen molar-refractivity contribution in [3.8, 4) is 5.75 Å². The molecule has 0 saturated carbocycles. The van der Waals surface area contributed by atoms with Crippen LogP contribution in [0.2, 0.25) is 0 Å². The van der Waals surface area contributed by atoms with Crippen LogP contribution in [0.5, 0.6) is 5.75 Å². The molecule has 3 heterocycles. The highest BCUT2D eigenvalue weighted by atomic mass is 16.5. The summed E-state index contributed by atoms with van der Waals surface area (Å²) in [5.74, 6) is 2.57. The summed E-state index contributed by atoms with van der Waals surface area (Å²) >= 11 is 0. The molecule has 1 N–H and O–H groups in total. The number of pyridine rings is 1. The highest BCUT2D eigenvalue weighted by Crippen LogP contribution is 2.26. The SMILES string of the molecule is Cc1cc(NC(=O)N2CC[C@H](Oc3cccnc3N(C)C)C2)no1. The van der Waals surface area contributed by atoms with Crippen molar-refractivity contribution in [1.82, 2.24) is 15.0 Å². The largest absolute Gasteiger partial charge is 0.485 e. The van der Waals surface area contributed by atoms with Crippen LogP contribution in [-0.4, -0.2) is 54.4 Å². The molecule has 1 saturated heterocycles. The Morgan fingerprint density at radius 2 is 2.33 bits per heavy atom. The first kappa shape index (κ1) is 16.1. The molecule has 0 unspecified atom stereocenters. The van der Waals surface area contributed by atoms with Crippen molar-refractivity contribution >= 4 is 17.7 Å². The Hall–Kier alpha value is -2.77. The number of hydrogen-bond donors (Lipinski definition) is 1. The van der Waals surface area contributed by atoms with Crippen LogP contribution < -0.4 is 15.0 Å². The summed E-state index contributed by atoms with van der Waals surface area (Å²) in [5.41, 5.74) is 0. The monoisotopic (exact) mass is 331 g/mol. The van der Waals surface area contributed by atoms with E-state index in [2.05, 4.69) is 15.5 Å². The van der Waals surface area contributed by atoms with E-state index in [0.29, 0.717) is 24.7 Å². The molecule has 2 aromatic rings. The number of hydrogen-bond acceptors (Lipinski definition) is 6. The lowest BCUT2D eigenvalue weighted by atomic mass is 10.3. The Labute approximate surface area is 140 Å². The molecular formula is C16H21N5O3. The minimum Gasteiger partial charge on any atom is -0.485 e. The molecule has 0 aliphatic carbocycles. The van der Waals surface area contributed by atoms with Crippen molar-refractivity contribution in [2.45, 2.75) is 19.4 Å². The van der Waals surface area contributed by atoms with Gasteiger partial charge in [-0.15, -0.1) is 0 Å². The van der Waals surface area contributed by atoms with Crippen molar-refractivity contribution in [2.24, 2.45) is 0 Å². The third-order valence-corrected chi connectivity index (χ3v) is 3.76. The number of amides is 2. The third-order valence-electron chi connectivity index (χ3n) is 3.76. The van der Waals surface area contributed by atoms with Crippen LogP contribution >= 0.6 is 0 Å². The summed E-state index contributed by atoms with van der Waals surface area (Å²) in [7, 11) is 3.84. The number of urea groups is 1. The lowest BCUT2D eigenvalue weighted by Gasteiger charge is -2.20. The first-order valence-corrected chi connectivity index (χ1v) is 7.81. The van der Waals surface area contributed by atoms with E-state index in [4.69, 9.17) is 9.26 Å². The summed E-state index contributed by atoms with van der Waals surface area (Å²) in [6, 6.07) is 5.21. The second kappa shape index (κ2) is 6.77. The molecule has 0 spiro atoms. The standard InChI is InChI=1S/C16H21N5O3/c1-11-9-14(19-24-11)18-16(22)21-8-6-12(10-21)23-13-5-4-7-17-15(13)20(2)3/h4-5,7,9,12H,6,8,10H2,1-3H3,(H,18,19,22)/t12-/m0/s1. The highest BCUT2D eigenvalue weighted by molar-refractivity contribution is 5.88. The van der Waals surface area contributed by atoms with Gasteiger partial charge in [0.1, 0.15) is 11.9 Å². The zero-order valence-electron chi connectivity index (χ0n) is 14.0. The average molecular weight is 331 g/mol. The predicted octanol–water partition coefficient (Wildman–Crippen LogP) is 2.13. The van der Waals surface area contributed by atoms with Gasteiger partial charge in [-0.1, -0.05) is 5.16 Å². The van der Waals surface area contributed by atoms with Gasteiger partial charge in [-0.25, -0.2) is 9.78 Å². The molecule has 1 aliphatic heterocycles. The van der Waals surface area contributed by atoms with E-state index in [1.807, 2.05) is 31.1 Å². The fourth-order valence-corrected chi connectivity index (χ4v) is 2.61. The number of anilines is 2. The normalized spacial score (nSPS) is 17.0. The summed E-state index contributed by atoms with van der Waals surface area (Å²) in [6.45, 7) is 2.92. The van der Waals surface area contributed by atoms with Gasteiger partial charge in [0, 0.05) is 39.3 Å². The summed E-state index contributed by atoms with van der Waals surface area (Å²) in [6.07, 6.45) is 2.45. The van der Waals surface area contributed by atoms with Crippen molar-refractivity contribution in [3.05, 3.63) is 30.2 Å². The number of likely N-dealkylation sites (tertiary alicyclic amines) is 1. The van der Waals surface area contributed by atoms with Crippen LogP contribution in [-0.2, 0) is 0 Å². The van der Waals surface area contributed by atoms with Crippen molar-refractivity contribution in [1.29, 1.82) is 0 Å². The molecule has 128 valence electrons. The zero-order valence-corrected chi connectivity index (χ0v) is 14.0. The summed E-state index contributed by atoms with van der Waals surface area (Å²) in [5, 5.41) is 6.49. The van der Waals surface area contributed by atoms with Gasteiger partial charge in [0.25, 0.3) is 0 Å². The first-order chi connectivity index (χ1) is 11.5. The number of ether oxygens (including phenoxy) is 1. The van der Waals surface area contributed by atoms with Crippen LogP contribution in [0.4, 0.5) is 16.4 Å². The molecule has 1 atom stereocenters. The maximum Gasteiger partial charge on any atom is 0.323 e. The van der Waals surface area contributed by atoms with Crippen LogP contribution in [0.25, 0.3) is 0 Å². The molecule has 0 bridgehead atoms. The van der Waals surface area contributed by atoms with Gasteiger partial charge in [-0.3, -0.25) is 5.32 Å². The van der Waals surface area contributed by atoms with Crippen molar-refractivity contribution in [3.63, 3.8) is 0 Å². The fraction of sp³-hybridized carbons (Fsp3) is 0.438. The van der Waals surface area contributed by atoms with Gasteiger partial charge in [0.05, 0.1) is 6.54 Å². The Morgan fingerprint density at radius 3 is 3.04 bits per heavy atom. The molecule has 0 radical (unpaired) electrons. The summed E-state index contributed by atoms with van der Waals surface area (Å²) in [4.78, 5) is 20.2. The smallest absolute Gasteiger partial charge is 0.323 e. The molecule has 0 aromatic carbocycles. The van der Waals surface area contributed by atoms with Gasteiger partial charge in [-0.05, 0) is 19.1 Å². The predicted molar refractivity (Wildman–Crippen MR) is 89.4 cm³/mol. The van der Waals surface area contributed by atoms with Crippen molar-refractivity contribution in [2.75, 3.05) is 37.4 Å². The maximum atomic E-state index is 12.3. The van der Waals surface area contributed by atoms with E-state index >= 15 is 0 Å². The second-order valence-electron chi connectivity index (χ2n) is 5.95. The molecule has 8 heteroatoms. The molecular weight excluding hydrogens is 310 g/mol. The number of carbonyl (C=O) groups excluding carboxylic acids is 1. The quantitative estimate of drug-likeness (QED) is 0.924. The van der Waals surface area contributed by atoms with Gasteiger partial charge in [-0.2, -0.15) is 0 Å². The molecule has 8 nitrogen and oxygen atoms in total. The zero-order chi connectivity index (χ0) is 17.1. The number of rotatable bonds is 4. The molecule has 1 fully saturated rings. The van der Waals surface area contributed by atoms with Gasteiger partial charge in [0.15, 0.2) is 17.4 Å². The number of nitrogens with one attached hydrogen (secondary N) is 1. The van der Waals surface area contributed by atoms with Crippen LogP contribution in [0, 0.1) is 6.92 Å². The molecule has 2 aromatic heterocycles. The minimum atomic E-state index is -0.201. The Morgan fingerprint density at radius 1 is 1.50 bits per heavy atom. The van der Waals surface area contributed by atoms with E-state index in [1.54, 1.807) is 24.1 Å². The number of aryl methyl sites for hydroxylation is 1. The Bertz CT molecular complexity index is 715. The number of aromatic nitrogens is 2. The van der Waals surface area contributed by atoms with E-state index in [0.717, 1.165) is 18.0 Å². The molecule has 24 heavy (non-hydrogen) atoms. The van der Waals surface area contributed by atoms with Gasteiger partial charge >= 0.3 is 6.03 Å². The van der Waals surface area contributed by atoms with Crippen LogP contribution in [0.1, 0.15) is 12.2 Å². The Kier molecular flexibility index (Phi) is 4.54. The Balaban J connectivity index is 1.58. The molecule has 3 rings (SSSR count). The molecule has 2 amide bonds. The molecule has 1 aliphatic rings. The minimum absolute atomic E-state index is 0.0577. The van der Waals surface area contributed by atoms with E-state index in [1.165, 1.54) is 0 Å². The lowest BCUT2D eigenvalue weighted by Crippen LogP contribution is -2.34. The fourth-order valence-electron chi connectivity index (χ4n) is 2.61. The van der Waals surface area contributed by atoms with Crippen LogP contribution in [0.3, 0.4) is 0 Å². The lowest BCUT2D eigenvalue weighted by molar-refractivity contribution is 0.194. The average Bonchev–Trinajstić information content (AvgIpc) is 3.17. The third kappa shape index (κ3) is 3.58. The van der Waals surface area contributed by atoms with Crippen molar-refractivity contribution < 1.29 is 14.1 Å². The highest BCUT2D eigenvalue weighted by Gasteiger charge is 2.28. The van der Waals surface area contributed by atoms with Crippen LogP contribution in [0.15, 0.2) is 28.9 Å². The summed E-state index contributed by atoms with van der Waals surface area (Å²) < 4.78 is 11.0. The van der Waals surface area contributed by atoms with E-state index in [-0.39, 0.29) is 12.1 Å². The topological polar surface area (TPSA) is 83.7 Å². The van der Waals surface area contributed by atoms with Gasteiger partial charge in [0.2, 0.25) is 0 Å².